The average Bonchev–Trinajstić information content (AvgIpc) is 2.34. The van der Waals surface area contributed by atoms with E-state index in [1.165, 1.54) is 6.26 Å². The number of sulfonamides is 1. The second-order valence-electron chi connectivity index (χ2n) is 6.75. The number of hydrogen-bond donors (Lipinski definition) is 1. The van der Waals surface area contributed by atoms with Crippen LogP contribution in [-0.4, -0.2) is 69.7 Å². The largest absolute Gasteiger partial charge is 0.315 e. The summed E-state index contributed by atoms with van der Waals surface area (Å²) in [4.78, 5) is 2.23. The van der Waals surface area contributed by atoms with Gasteiger partial charge >= 0.3 is 0 Å². The molecule has 2 unspecified atom stereocenters. The van der Waals surface area contributed by atoms with Crippen molar-refractivity contribution in [3.05, 3.63) is 0 Å². The average molecular weight is 305 g/mol. The molecule has 5 nitrogen and oxygen atoms in total. The molecule has 1 rings (SSSR count). The summed E-state index contributed by atoms with van der Waals surface area (Å²) in [5.41, 5.74) is 0.0438. The van der Waals surface area contributed by atoms with Crippen LogP contribution in [0.2, 0.25) is 0 Å². The number of likely N-dealkylation sites (N-methyl/N-ethyl adjacent to an activating group) is 2. The van der Waals surface area contributed by atoms with Gasteiger partial charge < -0.3 is 10.2 Å². The molecule has 0 aromatic carbocycles. The Bertz CT molecular complexity index is 407. The van der Waals surface area contributed by atoms with Crippen molar-refractivity contribution in [2.24, 2.45) is 5.92 Å². The third-order valence-electron chi connectivity index (χ3n) is 4.87. The molecular formula is C14H31N3O2S. The Morgan fingerprint density at radius 3 is 2.45 bits per heavy atom. The maximum absolute atomic E-state index is 11.7. The zero-order valence-electron chi connectivity index (χ0n) is 13.8. The Hall–Kier alpha value is -0.170. The Morgan fingerprint density at radius 2 is 2.00 bits per heavy atom. The lowest BCUT2D eigenvalue weighted by Crippen LogP contribution is -2.55. The van der Waals surface area contributed by atoms with E-state index in [0.29, 0.717) is 25.0 Å². The Labute approximate surface area is 124 Å². The lowest BCUT2D eigenvalue weighted by atomic mass is 9.83. The van der Waals surface area contributed by atoms with Gasteiger partial charge in [0.25, 0.3) is 0 Å². The van der Waals surface area contributed by atoms with Crippen LogP contribution in [0.25, 0.3) is 0 Å². The summed E-state index contributed by atoms with van der Waals surface area (Å²) < 4.78 is 25.0. The van der Waals surface area contributed by atoms with Gasteiger partial charge in [-0.05, 0) is 60.2 Å². The van der Waals surface area contributed by atoms with E-state index in [-0.39, 0.29) is 5.54 Å². The maximum atomic E-state index is 11.7. The summed E-state index contributed by atoms with van der Waals surface area (Å²) in [6.07, 6.45) is 4.41. The predicted octanol–water partition coefficient (Wildman–Crippen LogP) is 0.976. The molecular weight excluding hydrogens is 274 g/mol. The van der Waals surface area contributed by atoms with Crippen molar-refractivity contribution in [3.63, 3.8) is 0 Å². The molecule has 0 aliphatic carbocycles. The number of nitrogens with one attached hydrogen (secondary N) is 1. The van der Waals surface area contributed by atoms with Gasteiger partial charge in [0, 0.05) is 24.7 Å². The zero-order valence-corrected chi connectivity index (χ0v) is 14.6. The van der Waals surface area contributed by atoms with E-state index in [9.17, 15) is 8.42 Å². The van der Waals surface area contributed by atoms with Crippen molar-refractivity contribution in [3.8, 4) is 0 Å². The molecule has 1 aliphatic rings. The van der Waals surface area contributed by atoms with Gasteiger partial charge in [-0.3, -0.25) is 0 Å². The van der Waals surface area contributed by atoms with E-state index in [0.717, 1.165) is 19.3 Å². The van der Waals surface area contributed by atoms with Gasteiger partial charge in [-0.15, -0.1) is 0 Å². The minimum Gasteiger partial charge on any atom is -0.315 e. The van der Waals surface area contributed by atoms with Gasteiger partial charge in [0.15, 0.2) is 0 Å². The van der Waals surface area contributed by atoms with Gasteiger partial charge in [-0.1, -0.05) is 0 Å². The maximum Gasteiger partial charge on any atom is 0.211 e. The summed E-state index contributed by atoms with van der Waals surface area (Å²) >= 11 is 0. The highest BCUT2D eigenvalue weighted by molar-refractivity contribution is 7.88. The third-order valence-corrected chi connectivity index (χ3v) is 6.14. The highest BCUT2D eigenvalue weighted by Gasteiger charge is 2.34. The van der Waals surface area contributed by atoms with Crippen molar-refractivity contribution in [1.82, 2.24) is 14.5 Å². The van der Waals surface area contributed by atoms with Crippen LogP contribution in [0.3, 0.4) is 0 Å². The molecule has 1 saturated heterocycles. The number of piperidine rings is 1. The van der Waals surface area contributed by atoms with E-state index >= 15 is 0 Å². The summed E-state index contributed by atoms with van der Waals surface area (Å²) in [6.45, 7) is 5.80. The minimum absolute atomic E-state index is 0.0438. The van der Waals surface area contributed by atoms with Gasteiger partial charge in [0.05, 0.1) is 6.26 Å². The van der Waals surface area contributed by atoms with E-state index < -0.39 is 10.0 Å². The van der Waals surface area contributed by atoms with E-state index in [1.807, 2.05) is 7.05 Å². The molecule has 2 atom stereocenters. The first kappa shape index (κ1) is 17.9. The minimum atomic E-state index is -3.05. The third kappa shape index (κ3) is 4.41. The SMILES string of the molecule is CNC(CC1CCCN(S(C)(=O)=O)C1)C(C)(C)N(C)C. The monoisotopic (exact) mass is 305 g/mol. The highest BCUT2D eigenvalue weighted by atomic mass is 32.2. The fourth-order valence-electron chi connectivity index (χ4n) is 2.92. The van der Waals surface area contributed by atoms with E-state index in [2.05, 4.69) is 38.2 Å². The lowest BCUT2D eigenvalue weighted by molar-refractivity contribution is 0.115. The standard InChI is InChI=1S/C14H31N3O2S/c1-14(2,16(4)5)13(15-3)10-12-8-7-9-17(11-12)20(6,18)19/h12-13,15H,7-11H2,1-6H3. The van der Waals surface area contributed by atoms with Crippen molar-refractivity contribution in [2.45, 2.75) is 44.7 Å². The molecule has 120 valence electrons. The molecule has 1 fully saturated rings. The quantitative estimate of drug-likeness (QED) is 0.795. The number of rotatable bonds is 6. The van der Waals surface area contributed by atoms with Crippen LogP contribution in [0, 0.1) is 5.92 Å². The highest BCUT2D eigenvalue weighted by Crippen LogP contribution is 2.27. The number of hydrogen-bond acceptors (Lipinski definition) is 4. The van der Waals surface area contributed by atoms with Gasteiger partial charge in [0.2, 0.25) is 10.0 Å². The summed E-state index contributed by atoms with van der Waals surface area (Å²) in [5.74, 6) is 0.440. The molecule has 20 heavy (non-hydrogen) atoms. The molecule has 0 saturated carbocycles. The van der Waals surface area contributed by atoms with E-state index in [4.69, 9.17) is 0 Å². The van der Waals surface area contributed by atoms with Crippen LogP contribution in [0.4, 0.5) is 0 Å². The molecule has 0 bridgehead atoms. The fraction of sp³-hybridized carbons (Fsp3) is 1.00. The zero-order chi connectivity index (χ0) is 15.6. The van der Waals surface area contributed by atoms with Crippen molar-refractivity contribution in [1.29, 1.82) is 0 Å². The molecule has 0 aromatic rings. The van der Waals surface area contributed by atoms with Crippen LogP contribution >= 0.6 is 0 Å². The fourth-order valence-corrected chi connectivity index (χ4v) is 3.87. The van der Waals surface area contributed by atoms with Crippen LogP contribution in [0.15, 0.2) is 0 Å². The Morgan fingerprint density at radius 1 is 1.40 bits per heavy atom. The molecule has 0 spiro atoms. The Kier molecular flexibility index (Phi) is 6.01. The first-order valence-corrected chi connectivity index (χ1v) is 9.23. The van der Waals surface area contributed by atoms with Crippen molar-refractivity contribution in [2.75, 3.05) is 40.5 Å². The lowest BCUT2D eigenvalue weighted by Gasteiger charge is -2.43. The van der Waals surface area contributed by atoms with Crippen molar-refractivity contribution < 1.29 is 8.42 Å². The topological polar surface area (TPSA) is 52.7 Å². The normalized spacial score (nSPS) is 24.1. The van der Waals surface area contributed by atoms with Gasteiger partial charge in [-0.2, -0.15) is 0 Å². The second kappa shape index (κ2) is 6.73. The summed E-state index contributed by atoms with van der Waals surface area (Å²) in [5, 5.41) is 3.41. The molecule has 1 N–H and O–H groups in total. The molecule has 6 heteroatoms. The molecule has 1 aliphatic heterocycles. The van der Waals surface area contributed by atoms with Crippen LogP contribution in [0.1, 0.15) is 33.1 Å². The van der Waals surface area contributed by atoms with Crippen LogP contribution < -0.4 is 5.32 Å². The second-order valence-corrected chi connectivity index (χ2v) is 8.74. The van der Waals surface area contributed by atoms with Gasteiger partial charge in [0.1, 0.15) is 0 Å². The van der Waals surface area contributed by atoms with Crippen LogP contribution in [-0.2, 0) is 10.0 Å². The smallest absolute Gasteiger partial charge is 0.211 e. The van der Waals surface area contributed by atoms with Crippen molar-refractivity contribution >= 4 is 10.0 Å². The summed E-state index contributed by atoms with van der Waals surface area (Å²) in [7, 11) is 3.13. The number of nitrogens with zero attached hydrogens (tertiary/aromatic N) is 2. The summed E-state index contributed by atoms with van der Waals surface area (Å²) in [6, 6.07) is 0.349. The molecule has 0 radical (unpaired) electrons. The molecule has 1 heterocycles. The Balaban J connectivity index is 2.71. The molecule has 0 amide bonds. The van der Waals surface area contributed by atoms with Gasteiger partial charge in [-0.25, -0.2) is 12.7 Å². The van der Waals surface area contributed by atoms with Crippen LogP contribution in [0.5, 0.6) is 0 Å². The first-order chi connectivity index (χ1) is 9.09. The predicted molar refractivity (Wildman–Crippen MR) is 84.4 cm³/mol. The van der Waals surface area contributed by atoms with E-state index in [1.54, 1.807) is 4.31 Å². The first-order valence-electron chi connectivity index (χ1n) is 7.38. The molecule has 0 aromatic heterocycles.